The first kappa shape index (κ1) is 21.7. The van der Waals surface area contributed by atoms with E-state index in [-0.39, 0.29) is 11.1 Å². The van der Waals surface area contributed by atoms with Gasteiger partial charge in [0.1, 0.15) is 6.10 Å². The van der Waals surface area contributed by atoms with Gasteiger partial charge in [-0.25, -0.2) is 4.98 Å². The molecule has 0 aliphatic heterocycles. The molecular weight excluding hydrogens is 442 g/mol. The van der Waals surface area contributed by atoms with Crippen LogP contribution in [0.1, 0.15) is 27.7 Å². The third kappa shape index (κ3) is 4.97. The van der Waals surface area contributed by atoms with E-state index in [4.69, 9.17) is 9.16 Å². The maximum Gasteiger partial charge on any atom is 0.261 e. The van der Waals surface area contributed by atoms with Gasteiger partial charge in [-0.1, -0.05) is 81.4 Å². The minimum atomic E-state index is -2.55. The number of hydrogen-bond acceptors (Lipinski definition) is 3. The SMILES string of the molecule is CC(CO[Si](c1ccccc1)(c1ccccc1)C(C)(C)C)Oc1ccc(Br)cn1. The zero-order valence-corrected chi connectivity index (χ0v) is 20.0. The molecule has 0 amide bonds. The normalized spacial score (nSPS) is 13.1. The lowest BCUT2D eigenvalue weighted by molar-refractivity contribution is 0.132. The Bertz CT molecular complexity index is 856. The Balaban J connectivity index is 1.92. The molecule has 0 aliphatic rings. The molecule has 3 rings (SSSR count). The van der Waals surface area contributed by atoms with Gasteiger partial charge in [-0.15, -0.1) is 0 Å². The summed E-state index contributed by atoms with van der Waals surface area (Å²) in [4.78, 5) is 4.31. The molecule has 0 radical (unpaired) electrons. The molecule has 29 heavy (non-hydrogen) atoms. The summed E-state index contributed by atoms with van der Waals surface area (Å²) in [5.74, 6) is 0.603. The van der Waals surface area contributed by atoms with Gasteiger partial charge in [-0.3, -0.25) is 0 Å². The summed E-state index contributed by atoms with van der Waals surface area (Å²) in [7, 11) is -2.55. The first-order chi connectivity index (χ1) is 13.8. The molecule has 0 saturated heterocycles. The first-order valence-corrected chi connectivity index (χ1v) is 12.6. The summed E-state index contributed by atoms with van der Waals surface area (Å²) in [5.41, 5.74) is 0. The average Bonchev–Trinajstić information content (AvgIpc) is 2.71. The van der Waals surface area contributed by atoms with Crippen molar-refractivity contribution in [3.63, 3.8) is 0 Å². The summed E-state index contributed by atoms with van der Waals surface area (Å²) in [6.07, 6.45) is 1.62. The number of hydrogen-bond donors (Lipinski definition) is 0. The van der Waals surface area contributed by atoms with Gasteiger partial charge in [0.05, 0.1) is 6.61 Å². The summed E-state index contributed by atoms with van der Waals surface area (Å²) < 4.78 is 13.8. The van der Waals surface area contributed by atoms with Crippen LogP contribution in [0.5, 0.6) is 5.88 Å². The van der Waals surface area contributed by atoms with Crippen LogP contribution in [0, 0.1) is 0 Å². The number of benzene rings is 2. The molecule has 152 valence electrons. The Morgan fingerprint density at radius 1 is 0.897 bits per heavy atom. The average molecular weight is 470 g/mol. The van der Waals surface area contributed by atoms with E-state index in [2.05, 4.69) is 102 Å². The van der Waals surface area contributed by atoms with E-state index < -0.39 is 8.32 Å². The van der Waals surface area contributed by atoms with Gasteiger partial charge < -0.3 is 9.16 Å². The van der Waals surface area contributed by atoms with Gasteiger partial charge in [0, 0.05) is 16.7 Å². The van der Waals surface area contributed by atoms with Gasteiger partial charge in [-0.05, 0) is 44.3 Å². The van der Waals surface area contributed by atoms with Crippen molar-refractivity contribution in [1.82, 2.24) is 4.98 Å². The van der Waals surface area contributed by atoms with E-state index in [9.17, 15) is 0 Å². The molecule has 3 nitrogen and oxygen atoms in total. The molecule has 1 unspecified atom stereocenters. The van der Waals surface area contributed by atoms with Crippen molar-refractivity contribution in [2.75, 3.05) is 6.61 Å². The minimum Gasteiger partial charge on any atom is -0.472 e. The van der Waals surface area contributed by atoms with Crippen LogP contribution in [-0.2, 0) is 4.43 Å². The molecule has 0 aliphatic carbocycles. The van der Waals surface area contributed by atoms with E-state index in [0.717, 1.165) is 4.47 Å². The number of rotatable bonds is 7. The lowest BCUT2D eigenvalue weighted by Crippen LogP contribution is -2.67. The van der Waals surface area contributed by atoms with Gasteiger partial charge >= 0.3 is 0 Å². The van der Waals surface area contributed by atoms with E-state index in [1.807, 2.05) is 19.1 Å². The van der Waals surface area contributed by atoms with Crippen molar-refractivity contribution >= 4 is 34.6 Å². The van der Waals surface area contributed by atoms with E-state index in [1.165, 1.54) is 10.4 Å². The third-order valence-corrected chi connectivity index (χ3v) is 10.4. The maximum absolute atomic E-state index is 6.90. The Labute approximate surface area is 183 Å². The van der Waals surface area contributed by atoms with Crippen LogP contribution in [0.25, 0.3) is 0 Å². The molecule has 0 spiro atoms. The molecule has 5 heteroatoms. The van der Waals surface area contributed by atoms with Gasteiger partial charge in [0.15, 0.2) is 0 Å². The predicted octanol–water partition coefficient (Wildman–Crippen LogP) is 5.19. The fourth-order valence-corrected chi connectivity index (χ4v) is 8.55. The molecule has 0 saturated carbocycles. The second-order valence-corrected chi connectivity index (χ2v) is 13.4. The summed E-state index contributed by atoms with van der Waals surface area (Å²) >= 11 is 3.40. The predicted molar refractivity (Wildman–Crippen MR) is 126 cm³/mol. The number of halogens is 1. The molecule has 0 bridgehead atoms. The highest BCUT2D eigenvalue weighted by Gasteiger charge is 2.50. The number of ether oxygens (including phenoxy) is 1. The van der Waals surface area contributed by atoms with Crippen LogP contribution in [0.4, 0.5) is 0 Å². The molecule has 1 atom stereocenters. The largest absolute Gasteiger partial charge is 0.472 e. The topological polar surface area (TPSA) is 31.4 Å². The highest BCUT2D eigenvalue weighted by atomic mass is 79.9. The maximum atomic E-state index is 6.90. The number of pyridine rings is 1. The smallest absolute Gasteiger partial charge is 0.261 e. The molecule has 0 fully saturated rings. The Hall–Kier alpha value is -1.95. The molecule has 0 N–H and O–H groups in total. The van der Waals surface area contributed by atoms with E-state index in [1.54, 1.807) is 6.20 Å². The molecule has 1 heterocycles. The van der Waals surface area contributed by atoms with E-state index >= 15 is 0 Å². The fraction of sp³-hybridized carbons (Fsp3) is 0.292. The van der Waals surface area contributed by atoms with Crippen molar-refractivity contribution in [3.8, 4) is 5.88 Å². The van der Waals surface area contributed by atoms with Gasteiger partial charge in [0.25, 0.3) is 8.32 Å². The standard InChI is InChI=1S/C24H28BrNO2Si/c1-19(28-23-16-15-20(25)17-26-23)18-27-29(24(2,3)4,21-11-7-5-8-12-21)22-13-9-6-10-14-22/h5-17,19H,18H2,1-4H3. The third-order valence-electron chi connectivity index (χ3n) is 4.97. The molecular formula is C24H28BrNO2Si. The molecule has 1 aromatic heterocycles. The van der Waals surface area contributed by atoms with Crippen LogP contribution in [0.2, 0.25) is 5.04 Å². The van der Waals surface area contributed by atoms with Crippen LogP contribution >= 0.6 is 15.9 Å². The summed E-state index contributed by atoms with van der Waals surface area (Å²) in [5, 5.41) is 2.49. The first-order valence-electron chi connectivity index (χ1n) is 9.86. The van der Waals surface area contributed by atoms with Crippen LogP contribution in [-0.4, -0.2) is 26.0 Å². The summed E-state index contributed by atoms with van der Waals surface area (Å²) in [6, 6.07) is 25.1. The van der Waals surface area contributed by atoms with Gasteiger partial charge in [0.2, 0.25) is 5.88 Å². The minimum absolute atomic E-state index is 0.0503. The lowest BCUT2D eigenvalue weighted by Gasteiger charge is -2.43. The zero-order chi connectivity index (χ0) is 20.9. The zero-order valence-electron chi connectivity index (χ0n) is 17.4. The highest BCUT2D eigenvalue weighted by molar-refractivity contribution is 9.10. The fourth-order valence-electron chi connectivity index (χ4n) is 3.68. The quantitative estimate of drug-likeness (QED) is 0.446. The Morgan fingerprint density at radius 3 is 1.90 bits per heavy atom. The molecule has 3 aromatic rings. The lowest BCUT2D eigenvalue weighted by atomic mass is 10.2. The Morgan fingerprint density at radius 2 is 1.45 bits per heavy atom. The van der Waals surface area contributed by atoms with Crippen molar-refractivity contribution in [2.24, 2.45) is 0 Å². The van der Waals surface area contributed by atoms with Crippen molar-refractivity contribution in [2.45, 2.75) is 38.8 Å². The van der Waals surface area contributed by atoms with Gasteiger partial charge in [-0.2, -0.15) is 0 Å². The molecule has 2 aromatic carbocycles. The van der Waals surface area contributed by atoms with Crippen LogP contribution in [0.3, 0.4) is 0 Å². The van der Waals surface area contributed by atoms with Crippen LogP contribution < -0.4 is 15.1 Å². The second kappa shape index (κ2) is 9.24. The van der Waals surface area contributed by atoms with E-state index in [0.29, 0.717) is 12.5 Å². The van der Waals surface area contributed by atoms with Crippen molar-refractivity contribution < 1.29 is 9.16 Å². The highest BCUT2D eigenvalue weighted by Crippen LogP contribution is 2.36. The Kier molecular flexibility index (Phi) is 6.93. The van der Waals surface area contributed by atoms with Crippen molar-refractivity contribution in [1.29, 1.82) is 0 Å². The number of aromatic nitrogens is 1. The summed E-state index contributed by atoms with van der Waals surface area (Å²) in [6.45, 7) is 9.36. The van der Waals surface area contributed by atoms with Crippen molar-refractivity contribution in [3.05, 3.63) is 83.5 Å². The number of nitrogens with zero attached hydrogens (tertiary/aromatic N) is 1. The van der Waals surface area contributed by atoms with Crippen LogP contribution in [0.15, 0.2) is 83.5 Å². The second-order valence-electron chi connectivity index (χ2n) is 8.22. The monoisotopic (exact) mass is 469 g/mol.